The van der Waals surface area contributed by atoms with Crippen LogP contribution in [-0.2, 0) is 10.3 Å². The largest absolute Gasteiger partial charge is 0.368 e. The van der Waals surface area contributed by atoms with Gasteiger partial charge in [-0.25, -0.2) is 0 Å². The summed E-state index contributed by atoms with van der Waals surface area (Å²) >= 11 is 5.97. The fourth-order valence-electron chi connectivity index (χ4n) is 3.06. The number of anilines is 1. The van der Waals surface area contributed by atoms with Crippen LogP contribution in [0.4, 0.5) is 5.69 Å². The zero-order chi connectivity index (χ0) is 17.3. The van der Waals surface area contributed by atoms with Crippen LogP contribution in [0.3, 0.4) is 0 Å². The first-order chi connectivity index (χ1) is 11.4. The summed E-state index contributed by atoms with van der Waals surface area (Å²) in [7, 11) is 0. The van der Waals surface area contributed by atoms with Gasteiger partial charge in [0.2, 0.25) is 11.8 Å². The van der Waals surface area contributed by atoms with Crippen molar-refractivity contribution in [3.05, 3.63) is 40.5 Å². The fourth-order valence-corrected chi connectivity index (χ4v) is 3.23. The molecule has 2 heterocycles. The van der Waals surface area contributed by atoms with Crippen molar-refractivity contribution in [2.24, 2.45) is 0 Å². The van der Waals surface area contributed by atoms with Crippen LogP contribution in [0.5, 0.6) is 0 Å². The van der Waals surface area contributed by atoms with Gasteiger partial charge in [-0.2, -0.15) is 10.2 Å². The topological polar surface area (TPSA) is 95.1 Å². The fraction of sp³-hybridized carbons (Fsp3) is 0.375. The molecule has 24 heavy (non-hydrogen) atoms. The van der Waals surface area contributed by atoms with Crippen LogP contribution in [0.1, 0.15) is 30.6 Å². The van der Waals surface area contributed by atoms with Crippen molar-refractivity contribution in [3.8, 4) is 6.07 Å². The van der Waals surface area contributed by atoms with Gasteiger partial charge >= 0.3 is 0 Å². The van der Waals surface area contributed by atoms with Gasteiger partial charge in [-0.1, -0.05) is 16.8 Å². The maximum absolute atomic E-state index is 11.7. The Morgan fingerprint density at radius 1 is 1.54 bits per heavy atom. The van der Waals surface area contributed by atoms with E-state index in [1.165, 1.54) is 6.92 Å². The molecule has 124 valence electrons. The second-order valence-electron chi connectivity index (χ2n) is 5.85. The third kappa shape index (κ3) is 2.93. The summed E-state index contributed by atoms with van der Waals surface area (Å²) in [6.45, 7) is 4.25. The van der Waals surface area contributed by atoms with Crippen molar-refractivity contribution < 1.29 is 9.32 Å². The number of nitrogens with zero attached hydrogens (tertiary/aromatic N) is 4. The summed E-state index contributed by atoms with van der Waals surface area (Å²) in [5.74, 6) is 0.721. The molecule has 0 spiro atoms. The minimum Gasteiger partial charge on any atom is -0.368 e. The van der Waals surface area contributed by atoms with Gasteiger partial charge < -0.3 is 14.7 Å². The van der Waals surface area contributed by atoms with E-state index in [-0.39, 0.29) is 5.91 Å². The predicted molar refractivity (Wildman–Crippen MR) is 87.5 cm³/mol. The highest BCUT2D eigenvalue weighted by atomic mass is 35.5. The molecular weight excluding hydrogens is 330 g/mol. The van der Waals surface area contributed by atoms with Gasteiger partial charge in [0.15, 0.2) is 5.82 Å². The number of hydrogen-bond acceptors (Lipinski definition) is 6. The van der Waals surface area contributed by atoms with Crippen LogP contribution in [0.25, 0.3) is 0 Å². The molecule has 1 atom stereocenters. The average molecular weight is 346 g/mol. The Labute approximate surface area is 144 Å². The van der Waals surface area contributed by atoms with Crippen molar-refractivity contribution in [2.75, 3.05) is 18.0 Å². The van der Waals surface area contributed by atoms with Crippen LogP contribution >= 0.6 is 11.6 Å². The summed E-state index contributed by atoms with van der Waals surface area (Å²) < 4.78 is 5.08. The lowest BCUT2D eigenvalue weighted by atomic mass is 9.97. The second-order valence-corrected chi connectivity index (χ2v) is 6.28. The molecule has 1 aliphatic rings. The number of aromatic nitrogens is 2. The van der Waals surface area contributed by atoms with E-state index in [0.29, 0.717) is 41.8 Å². The summed E-state index contributed by atoms with van der Waals surface area (Å²) in [5, 5.41) is 16.8. The van der Waals surface area contributed by atoms with Crippen molar-refractivity contribution in [2.45, 2.75) is 25.8 Å². The highest BCUT2D eigenvalue weighted by Gasteiger charge is 2.44. The van der Waals surface area contributed by atoms with Gasteiger partial charge in [-0.3, -0.25) is 4.79 Å². The van der Waals surface area contributed by atoms with Crippen molar-refractivity contribution in [1.82, 2.24) is 15.5 Å². The molecule has 1 aromatic carbocycles. The molecule has 1 amide bonds. The second kappa shape index (κ2) is 6.13. The molecule has 1 fully saturated rings. The Hall–Kier alpha value is -2.59. The Balaban J connectivity index is 1.96. The molecule has 1 saturated heterocycles. The number of nitrogens with one attached hydrogen (secondary N) is 1. The minimum atomic E-state index is -0.740. The number of carbonyl (C=O) groups is 1. The first-order valence-electron chi connectivity index (χ1n) is 7.48. The van der Waals surface area contributed by atoms with E-state index < -0.39 is 5.54 Å². The van der Waals surface area contributed by atoms with E-state index in [1.54, 1.807) is 19.1 Å². The molecule has 7 nitrogen and oxygen atoms in total. The number of benzene rings is 1. The van der Waals surface area contributed by atoms with Crippen molar-refractivity contribution in [1.29, 1.82) is 5.26 Å². The molecule has 0 saturated carbocycles. The monoisotopic (exact) mass is 345 g/mol. The van der Waals surface area contributed by atoms with Crippen molar-refractivity contribution in [3.63, 3.8) is 0 Å². The maximum atomic E-state index is 11.7. The number of nitriles is 1. The molecule has 8 heteroatoms. The highest BCUT2D eigenvalue weighted by Crippen LogP contribution is 2.35. The number of carbonyl (C=O) groups excluding carboxylic acids is 1. The van der Waals surface area contributed by atoms with E-state index in [0.717, 1.165) is 5.69 Å². The van der Waals surface area contributed by atoms with Gasteiger partial charge in [0.1, 0.15) is 11.6 Å². The molecule has 0 aliphatic carbocycles. The molecule has 1 N–H and O–H groups in total. The lowest BCUT2D eigenvalue weighted by molar-refractivity contribution is -0.120. The van der Waals surface area contributed by atoms with E-state index in [9.17, 15) is 10.1 Å². The number of rotatable bonds is 3. The zero-order valence-corrected chi connectivity index (χ0v) is 14.1. The molecule has 3 rings (SSSR count). The maximum Gasteiger partial charge on any atom is 0.223 e. The Morgan fingerprint density at radius 3 is 2.96 bits per heavy atom. The number of hydrogen-bond donors (Lipinski definition) is 1. The third-order valence-corrected chi connectivity index (χ3v) is 4.30. The minimum absolute atomic E-state index is 0.170. The molecule has 0 radical (unpaired) electrons. The smallest absolute Gasteiger partial charge is 0.223 e. The summed E-state index contributed by atoms with van der Waals surface area (Å²) in [5.41, 5.74) is 0.524. The third-order valence-electron chi connectivity index (χ3n) is 4.06. The summed E-state index contributed by atoms with van der Waals surface area (Å²) in [6.07, 6.45) is 0.610. The zero-order valence-electron chi connectivity index (χ0n) is 13.3. The van der Waals surface area contributed by atoms with Crippen LogP contribution in [0, 0.1) is 18.3 Å². The number of amides is 1. The molecule has 1 aliphatic heterocycles. The molecular formula is C16H16ClN5O2. The summed E-state index contributed by atoms with van der Waals surface area (Å²) in [6, 6.07) is 7.35. The SMILES string of the molecule is CC(=O)N[C@@]1(c2noc(C)n2)CCN(c2ccc(Cl)cc2C#N)C1. The standard InChI is InChI=1S/C16H16ClN5O2/c1-10(23)20-16(15-19-11(2)24-21-15)5-6-22(9-16)14-4-3-13(17)7-12(14)8-18/h3-4,7H,5-6,9H2,1-2H3,(H,20,23)/t16-/m0/s1. The highest BCUT2D eigenvalue weighted by molar-refractivity contribution is 6.30. The van der Waals surface area contributed by atoms with E-state index >= 15 is 0 Å². The van der Waals surface area contributed by atoms with Gasteiger partial charge in [0.25, 0.3) is 0 Å². The molecule has 0 unspecified atom stereocenters. The van der Waals surface area contributed by atoms with Gasteiger partial charge in [0.05, 0.1) is 11.3 Å². The first kappa shape index (κ1) is 16.3. The number of aryl methyl sites for hydroxylation is 1. The average Bonchev–Trinajstić information content (AvgIpc) is 3.14. The Bertz CT molecular complexity index is 828. The van der Waals surface area contributed by atoms with Crippen LogP contribution in [0.2, 0.25) is 5.02 Å². The van der Waals surface area contributed by atoms with Crippen LogP contribution in [0.15, 0.2) is 22.7 Å². The Kier molecular flexibility index (Phi) is 4.16. The van der Waals surface area contributed by atoms with Gasteiger partial charge in [0, 0.05) is 32.0 Å². The Morgan fingerprint density at radius 2 is 2.33 bits per heavy atom. The van der Waals surface area contributed by atoms with E-state index in [4.69, 9.17) is 16.1 Å². The number of halogens is 1. The summed E-state index contributed by atoms with van der Waals surface area (Å²) in [4.78, 5) is 18.0. The lowest BCUT2D eigenvalue weighted by Crippen LogP contribution is -2.48. The molecule has 1 aromatic heterocycles. The van der Waals surface area contributed by atoms with Crippen LogP contribution < -0.4 is 10.2 Å². The lowest BCUT2D eigenvalue weighted by Gasteiger charge is -2.27. The quantitative estimate of drug-likeness (QED) is 0.915. The van der Waals surface area contributed by atoms with Crippen molar-refractivity contribution >= 4 is 23.2 Å². The normalized spacial score (nSPS) is 20.0. The molecule has 0 bridgehead atoms. The van der Waals surface area contributed by atoms with Gasteiger partial charge in [-0.05, 0) is 24.6 Å². The van der Waals surface area contributed by atoms with Crippen LogP contribution in [-0.4, -0.2) is 29.1 Å². The molecule has 2 aromatic rings. The first-order valence-corrected chi connectivity index (χ1v) is 7.85. The predicted octanol–water partition coefficient (Wildman–Crippen LogP) is 2.14. The van der Waals surface area contributed by atoms with E-state index in [2.05, 4.69) is 21.5 Å². The van der Waals surface area contributed by atoms with E-state index in [1.807, 2.05) is 11.0 Å². The van der Waals surface area contributed by atoms with Gasteiger partial charge in [-0.15, -0.1) is 0 Å².